The lowest BCUT2D eigenvalue weighted by Gasteiger charge is -2.21. The minimum atomic E-state index is 1.23. The normalized spacial score (nSPS) is 12.4. The number of fused-ring (bicyclic) bond motifs is 2. The quantitative estimate of drug-likeness (QED) is 0.186. The van der Waals surface area contributed by atoms with Crippen molar-refractivity contribution in [1.82, 2.24) is 0 Å². The van der Waals surface area contributed by atoms with Gasteiger partial charge in [-0.3, -0.25) is 0 Å². The van der Waals surface area contributed by atoms with Gasteiger partial charge in [0.05, 0.1) is 0 Å². The summed E-state index contributed by atoms with van der Waals surface area (Å²) in [5, 5.41) is 10.6. The van der Waals surface area contributed by atoms with Crippen LogP contribution >= 0.6 is 11.8 Å². The molecule has 0 bridgehead atoms. The Labute approximate surface area is 265 Å². The van der Waals surface area contributed by atoms with Gasteiger partial charge in [0, 0.05) is 15.2 Å². The van der Waals surface area contributed by atoms with E-state index in [4.69, 9.17) is 0 Å². The van der Waals surface area contributed by atoms with Crippen molar-refractivity contribution in [2.24, 2.45) is 0 Å². The molecular formula is C44H26S. The van der Waals surface area contributed by atoms with Gasteiger partial charge in [0.2, 0.25) is 0 Å². The Hall–Kier alpha value is -5.37. The van der Waals surface area contributed by atoms with Crippen LogP contribution in [-0.2, 0) is 0 Å². The van der Waals surface area contributed by atoms with E-state index in [0.717, 1.165) is 0 Å². The molecule has 0 spiro atoms. The highest BCUT2D eigenvalue weighted by atomic mass is 32.2. The number of hydrogen-bond donors (Lipinski definition) is 0. The Morgan fingerprint density at radius 3 is 1.73 bits per heavy atom. The molecule has 10 rings (SSSR count). The summed E-state index contributed by atoms with van der Waals surface area (Å²) in [7, 11) is 0. The zero-order valence-corrected chi connectivity index (χ0v) is 25.2. The first kappa shape index (κ1) is 25.0. The van der Waals surface area contributed by atoms with Gasteiger partial charge in [-0.1, -0.05) is 139 Å². The van der Waals surface area contributed by atoms with Crippen LogP contribution in [0.2, 0.25) is 0 Å². The summed E-state index contributed by atoms with van der Waals surface area (Å²) >= 11 is 1.89. The molecule has 9 aromatic carbocycles. The van der Waals surface area contributed by atoms with Gasteiger partial charge >= 0.3 is 0 Å². The first-order valence-electron chi connectivity index (χ1n) is 15.5. The van der Waals surface area contributed by atoms with E-state index in [9.17, 15) is 0 Å². The van der Waals surface area contributed by atoms with Crippen LogP contribution in [0.15, 0.2) is 168 Å². The first-order valence-corrected chi connectivity index (χ1v) is 16.3. The van der Waals surface area contributed by atoms with Crippen LogP contribution in [0, 0.1) is 0 Å². The summed E-state index contributed by atoms with van der Waals surface area (Å²) in [4.78, 5) is 2.65. The van der Waals surface area contributed by atoms with Crippen LogP contribution < -0.4 is 0 Å². The lowest BCUT2D eigenvalue weighted by molar-refractivity contribution is 1.39. The van der Waals surface area contributed by atoms with Crippen molar-refractivity contribution in [3.8, 4) is 44.5 Å². The van der Waals surface area contributed by atoms with Crippen LogP contribution in [0.4, 0.5) is 0 Å². The molecule has 0 fully saturated rings. The number of hydrogen-bond acceptors (Lipinski definition) is 1. The molecule has 0 aliphatic carbocycles. The van der Waals surface area contributed by atoms with Crippen molar-refractivity contribution in [3.05, 3.63) is 158 Å². The summed E-state index contributed by atoms with van der Waals surface area (Å²) in [5.41, 5.74) is 10.1. The molecule has 45 heavy (non-hydrogen) atoms. The third-order valence-corrected chi connectivity index (χ3v) is 10.7. The molecule has 0 N–H and O–H groups in total. The molecule has 208 valence electrons. The SMILES string of the molecule is c1ccc(-c2cc(-c3ccc4c(c3)Sc3cccc5cccc-4c35)cc(-c3ccc4ccc5cccc6ccc3c4c56)c2)cc1. The van der Waals surface area contributed by atoms with Gasteiger partial charge in [-0.05, 0) is 113 Å². The fraction of sp³-hybridized carbons (Fsp3) is 0. The summed E-state index contributed by atoms with van der Waals surface area (Å²) in [6.45, 7) is 0. The van der Waals surface area contributed by atoms with E-state index in [1.807, 2.05) is 11.8 Å². The van der Waals surface area contributed by atoms with Crippen LogP contribution in [0.3, 0.4) is 0 Å². The molecule has 0 saturated heterocycles. The van der Waals surface area contributed by atoms with E-state index in [1.54, 1.807) is 0 Å². The molecule has 0 atom stereocenters. The van der Waals surface area contributed by atoms with Crippen LogP contribution in [-0.4, -0.2) is 0 Å². The molecule has 9 aromatic rings. The van der Waals surface area contributed by atoms with Crippen molar-refractivity contribution >= 4 is 54.9 Å². The Bertz CT molecular complexity index is 2590. The van der Waals surface area contributed by atoms with Gasteiger partial charge in [0.15, 0.2) is 0 Å². The Morgan fingerprint density at radius 1 is 0.289 bits per heavy atom. The smallest absolute Gasteiger partial charge is 0.0207 e. The zero-order chi connectivity index (χ0) is 29.5. The maximum absolute atomic E-state index is 2.40. The van der Waals surface area contributed by atoms with Gasteiger partial charge < -0.3 is 0 Å². The highest BCUT2D eigenvalue weighted by Gasteiger charge is 2.20. The summed E-state index contributed by atoms with van der Waals surface area (Å²) in [6.07, 6.45) is 0. The van der Waals surface area contributed by atoms with Crippen molar-refractivity contribution in [2.45, 2.75) is 9.79 Å². The summed E-state index contributed by atoms with van der Waals surface area (Å²) < 4.78 is 0. The average molecular weight is 587 g/mol. The lowest BCUT2D eigenvalue weighted by Crippen LogP contribution is -1.94. The van der Waals surface area contributed by atoms with E-state index in [-0.39, 0.29) is 0 Å². The molecule has 0 radical (unpaired) electrons. The topological polar surface area (TPSA) is 0 Å². The summed E-state index contributed by atoms with van der Waals surface area (Å²) in [6, 6.07) is 58.6. The molecule has 1 heterocycles. The third kappa shape index (κ3) is 3.81. The molecule has 0 amide bonds. The van der Waals surface area contributed by atoms with E-state index in [0.29, 0.717) is 0 Å². The second-order valence-corrected chi connectivity index (χ2v) is 13.2. The molecule has 1 aliphatic heterocycles. The molecule has 0 unspecified atom stereocenters. The van der Waals surface area contributed by atoms with Crippen LogP contribution in [0.1, 0.15) is 0 Å². The maximum Gasteiger partial charge on any atom is 0.0207 e. The molecular weight excluding hydrogens is 561 g/mol. The van der Waals surface area contributed by atoms with Crippen molar-refractivity contribution in [3.63, 3.8) is 0 Å². The second kappa shape index (κ2) is 9.56. The number of rotatable bonds is 3. The van der Waals surface area contributed by atoms with Gasteiger partial charge in [-0.2, -0.15) is 0 Å². The van der Waals surface area contributed by atoms with E-state index in [2.05, 4.69) is 158 Å². The third-order valence-electron chi connectivity index (χ3n) is 9.57. The predicted octanol–water partition coefficient (Wildman–Crippen LogP) is 12.9. The zero-order valence-electron chi connectivity index (χ0n) is 24.4. The van der Waals surface area contributed by atoms with Crippen molar-refractivity contribution in [1.29, 1.82) is 0 Å². The molecule has 1 heteroatoms. The Balaban J connectivity index is 1.20. The lowest BCUT2D eigenvalue weighted by atomic mass is 9.87. The minimum Gasteiger partial charge on any atom is -0.0888 e. The monoisotopic (exact) mass is 586 g/mol. The number of benzene rings is 9. The highest BCUT2D eigenvalue weighted by molar-refractivity contribution is 7.99. The minimum absolute atomic E-state index is 1.23. The van der Waals surface area contributed by atoms with Gasteiger partial charge in [0.1, 0.15) is 0 Å². The van der Waals surface area contributed by atoms with Gasteiger partial charge in [-0.15, -0.1) is 0 Å². The highest BCUT2D eigenvalue weighted by Crippen LogP contribution is 2.49. The largest absolute Gasteiger partial charge is 0.0888 e. The van der Waals surface area contributed by atoms with Crippen LogP contribution in [0.5, 0.6) is 0 Å². The second-order valence-electron chi connectivity index (χ2n) is 12.1. The first-order chi connectivity index (χ1) is 22.3. The maximum atomic E-state index is 2.40. The van der Waals surface area contributed by atoms with Crippen molar-refractivity contribution < 1.29 is 0 Å². The van der Waals surface area contributed by atoms with Crippen LogP contribution in [0.25, 0.3) is 87.6 Å². The summed E-state index contributed by atoms with van der Waals surface area (Å²) in [5.74, 6) is 0. The average Bonchev–Trinajstić information content (AvgIpc) is 3.11. The van der Waals surface area contributed by atoms with Crippen molar-refractivity contribution in [2.75, 3.05) is 0 Å². The van der Waals surface area contributed by atoms with E-state index in [1.165, 1.54) is 97.4 Å². The van der Waals surface area contributed by atoms with Gasteiger partial charge in [-0.25, -0.2) is 0 Å². The molecule has 1 aliphatic rings. The predicted molar refractivity (Wildman–Crippen MR) is 194 cm³/mol. The molecule has 0 aromatic heterocycles. The van der Waals surface area contributed by atoms with E-state index < -0.39 is 0 Å². The fourth-order valence-electron chi connectivity index (χ4n) is 7.48. The van der Waals surface area contributed by atoms with E-state index >= 15 is 0 Å². The molecule has 0 saturated carbocycles. The fourth-order valence-corrected chi connectivity index (χ4v) is 8.66. The van der Waals surface area contributed by atoms with Gasteiger partial charge in [0.25, 0.3) is 0 Å². The Morgan fingerprint density at radius 2 is 0.911 bits per heavy atom. The standard InChI is InChI=1S/C44H26S/c1-2-7-27(8-3-1)33-23-34(32-19-21-37-38-13-5-11-28-12-6-14-40(43(28)38)45-41(37)26-32)25-35(24-33)36-20-17-31-16-15-29-9-4-10-30-18-22-39(36)44(31)42(29)30/h1-26H. The Kier molecular flexibility index (Phi) is 5.31. The molecule has 0 nitrogen and oxygen atoms in total.